The van der Waals surface area contributed by atoms with Crippen LogP contribution in [0.4, 0.5) is 5.69 Å². The summed E-state index contributed by atoms with van der Waals surface area (Å²) >= 11 is 0. The topological polar surface area (TPSA) is 72.6 Å². The van der Waals surface area contributed by atoms with Crippen molar-refractivity contribution < 1.29 is 14.3 Å². The molecule has 2 N–H and O–H groups in total. The third-order valence-corrected chi connectivity index (χ3v) is 3.09. The number of rotatable bonds is 2. The minimum Gasteiger partial charge on any atom is -0.465 e. The van der Waals surface area contributed by atoms with Crippen LogP contribution < -0.4 is 10.6 Å². The minimum absolute atomic E-state index is 0.0119. The first-order chi connectivity index (χ1) is 8.52. The molecule has 0 aliphatic carbocycles. The molecule has 1 saturated heterocycles. The van der Waals surface area contributed by atoms with Crippen molar-refractivity contribution >= 4 is 17.6 Å². The van der Waals surface area contributed by atoms with E-state index in [0.717, 1.165) is 5.56 Å². The van der Waals surface area contributed by atoms with Crippen LogP contribution in [0.2, 0.25) is 0 Å². The zero-order valence-corrected chi connectivity index (χ0v) is 10.5. The highest BCUT2D eigenvalue weighted by molar-refractivity contribution is 5.98. The summed E-state index contributed by atoms with van der Waals surface area (Å²) in [6.45, 7) is 2.32. The number of benzene rings is 1. The fourth-order valence-corrected chi connectivity index (χ4v) is 2.09. The van der Waals surface area contributed by atoms with Crippen LogP contribution in [0, 0.1) is 6.92 Å². The first kappa shape index (κ1) is 12.6. The van der Waals surface area contributed by atoms with Crippen LogP contribution in [0.25, 0.3) is 0 Å². The van der Waals surface area contributed by atoms with Gasteiger partial charge in [0.1, 0.15) is 0 Å². The van der Waals surface area contributed by atoms with E-state index in [9.17, 15) is 9.59 Å². The van der Waals surface area contributed by atoms with Gasteiger partial charge < -0.3 is 15.4 Å². The highest BCUT2D eigenvalue weighted by Gasteiger charge is 2.28. The highest BCUT2D eigenvalue weighted by Crippen LogP contribution is 2.24. The zero-order chi connectivity index (χ0) is 13.3. The van der Waals surface area contributed by atoms with Crippen molar-refractivity contribution in [1.82, 2.24) is 0 Å². The molecule has 1 aromatic carbocycles. The molecule has 0 aromatic heterocycles. The minimum atomic E-state index is -0.398. The molecule has 1 atom stereocenters. The van der Waals surface area contributed by atoms with Crippen molar-refractivity contribution in [2.75, 3.05) is 18.6 Å². The summed E-state index contributed by atoms with van der Waals surface area (Å²) in [6.07, 6.45) is 0.349. The van der Waals surface area contributed by atoms with Crippen molar-refractivity contribution in [2.24, 2.45) is 5.73 Å². The number of nitrogens with zero attached hydrogens (tertiary/aromatic N) is 1. The van der Waals surface area contributed by atoms with Gasteiger partial charge in [-0.05, 0) is 24.6 Å². The van der Waals surface area contributed by atoms with E-state index in [-0.39, 0.29) is 11.9 Å². The molecule has 1 aromatic rings. The van der Waals surface area contributed by atoms with Crippen LogP contribution in [0.3, 0.4) is 0 Å². The lowest BCUT2D eigenvalue weighted by Gasteiger charge is -2.17. The van der Waals surface area contributed by atoms with E-state index in [0.29, 0.717) is 24.2 Å². The molecule has 1 unspecified atom stereocenters. The van der Waals surface area contributed by atoms with E-state index in [1.807, 2.05) is 13.0 Å². The Kier molecular flexibility index (Phi) is 3.34. The summed E-state index contributed by atoms with van der Waals surface area (Å²) in [5.74, 6) is -0.410. The molecule has 1 heterocycles. The quantitative estimate of drug-likeness (QED) is 0.787. The van der Waals surface area contributed by atoms with E-state index in [2.05, 4.69) is 0 Å². The molecule has 0 radical (unpaired) electrons. The second-order valence-corrected chi connectivity index (χ2v) is 4.46. The zero-order valence-electron chi connectivity index (χ0n) is 10.5. The fourth-order valence-electron chi connectivity index (χ4n) is 2.09. The Labute approximate surface area is 106 Å². The van der Waals surface area contributed by atoms with Gasteiger partial charge in [-0.3, -0.25) is 4.79 Å². The lowest BCUT2D eigenvalue weighted by Crippen LogP contribution is -2.28. The summed E-state index contributed by atoms with van der Waals surface area (Å²) < 4.78 is 4.72. The summed E-state index contributed by atoms with van der Waals surface area (Å²) in [5, 5.41) is 0. The lowest BCUT2D eigenvalue weighted by atomic mass is 10.1. The molecule has 0 saturated carbocycles. The Hall–Kier alpha value is -1.88. The van der Waals surface area contributed by atoms with Crippen LogP contribution in [-0.2, 0) is 9.53 Å². The average Bonchev–Trinajstić information content (AvgIpc) is 2.68. The molecule has 1 fully saturated rings. The Bertz CT molecular complexity index is 499. The molecular formula is C13H16N2O3. The number of hydrogen-bond donors (Lipinski definition) is 1. The first-order valence-electron chi connectivity index (χ1n) is 5.78. The van der Waals surface area contributed by atoms with E-state index in [1.165, 1.54) is 7.11 Å². The largest absolute Gasteiger partial charge is 0.465 e. The number of hydrogen-bond acceptors (Lipinski definition) is 4. The Morgan fingerprint density at radius 3 is 2.78 bits per heavy atom. The molecule has 1 aliphatic rings. The molecule has 96 valence electrons. The number of carbonyl (C=O) groups excluding carboxylic acids is 2. The molecule has 18 heavy (non-hydrogen) atoms. The lowest BCUT2D eigenvalue weighted by molar-refractivity contribution is -0.117. The van der Waals surface area contributed by atoms with Gasteiger partial charge >= 0.3 is 5.97 Å². The Morgan fingerprint density at radius 1 is 1.50 bits per heavy atom. The fraction of sp³-hybridized carbons (Fsp3) is 0.385. The molecule has 1 amide bonds. The number of esters is 1. The molecule has 5 nitrogen and oxygen atoms in total. The summed E-state index contributed by atoms with van der Waals surface area (Å²) in [5.41, 5.74) is 7.74. The van der Waals surface area contributed by atoms with Crippen LogP contribution in [-0.4, -0.2) is 31.6 Å². The monoisotopic (exact) mass is 248 g/mol. The molecular weight excluding hydrogens is 232 g/mol. The summed E-state index contributed by atoms with van der Waals surface area (Å²) in [7, 11) is 1.34. The Balaban J connectivity index is 2.35. The molecule has 1 aliphatic heterocycles. The number of methoxy groups -OCH3 is 1. The van der Waals surface area contributed by atoms with Crippen molar-refractivity contribution in [3.8, 4) is 0 Å². The van der Waals surface area contributed by atoms with Gasteiger partial charge in [0, 0.05) is 24.7 Å². The maximum atomic E-state index is 11.8. The average molecular weight is 248 g/mol. The van der Waals surface area contributed by atoms with Gasteiger partial charge in [-0.1, -0.05) is 6.07 Å². The normalized spacial score (nSPS) is 19.2. The van der Waals surface area contributed by atoms with E-state index < -0.39 is 5.97 Å². The first-order valence-corrected chi connectivity index (χ1v) is 5.78. The van der Waals surface area contributed by atoms with E-state index in [4.69, 9.17) is 10.5 Å². The van der Waals surface area contributed by atoms with Gasteiger partial charge in [-0.15, -0.1) is 0 Å². The number of aryl methyl sites for hydroxylation is 1. The number of amides is 1. The number of nitrogens with two attached hydrogens (primary N) is 1. The molecule has 2 rings (SSSR count). The van der Waals surface area contributed by atoms with Crippen LogP contribution in [0.1, 0.15) is 22.3 Å². The van der Waals surface area contributed by atoms with Gasteiger partial charge in [0.2, 0.25) is 5.91 Å². The third-order valence-electron chi connectivity index (χ3n) is 3.09. The standard InChI is InChI=1S/C13H16N2O3/c1-8-3-4-10(6-11(8)13(17)18-2)15-7-9(14)5-12(15)16/h3-4,6,9H,5,7,14H2,1-2H3. The van der Waals surface area contributed by atoms with E-state index >= 15 is 0 Å². The highest BCUT2D eigenvalue weighted by atomic mass is 16.5. The smallest absolute Gasteiger partial charge is 0.338 e. The van der Waals surface area contributed by atoms with Crippen LogP contribution in [0.15, 0.2) is 18.2 Å². The summed E-state index contributed by atoms with van der Waals surface area (Å²) in [4.78, 5) is 25.0. The van der Waals surface area contributed by atoms with Crippen LogP contribution in [0.5, 0.6) is 0 Å². The van der Waals surface area contributed by atoms with Gasteiger partial charge in [-0.25, -0.2) is 4.79 Å². The third kappa shape index (κ3) is 2.22. The molecule has 0 bridgehead atoms. The maximum absolute atomic E-state index is 11.8. The number of anilines is 1. The van der Waals surface area contributed by atoms with Gasteiger partial charge in [0.25, 0.3) is 0 Å². The maximum Gasteiger partial charge on any atom is 0.338 e. The van der Waals surface area contributed by atoms with E-state index in [1.54, 1.807) is 17.0 Å². The molecule has 5 heteroatoms. The predicted octanol–water partition coefficient (Wildman–Crippen LogP) is 0.846. The van der Waals surface area contributed by atoms with Crippen molar-refractivity contribution in [3.05, 3.63) is 29.3 Å². The predicted molar refractivity (Wildman–Crippen MR) is 67.5 cm³/mol. The van der Waals surface area contributed by atoms with Gasteiger partial charge in [0.05, 0.1) is 12.7 Å². The Morgan fingerprint density at radius 2 is 2.22 bits per heavy atom. The van der Waals surface area contributed by atoms with Gasteiger partial charge in [0.15, 0.2) is 0 Å². The number of ether oxygens (including phenoxy) is 1. The second kappa shape index (κ2) is 4.78. The van der Waals surface area contributed by atoms with Crippen LogP contribution >= 0.6 is 0 Å². The van der Waals surface area contributed by atoms with Crippen molar-refractivity contribution in [1.29, 1.82) is 0 Å². The molecule has 0 spiro atoms. The van der Waals surface area contributed by atoms with Crippen molar-refractivity contribution in [2.45, 2.75) is 19.4 Å². The van der Waals surface area contributed by atoms with Crippen molar-refractivity contribution in [3.63, 3.8) is 0 Å². The summed E-state index contributed by atoms with van der Waals surface area (Å²) in [6, 6.07) is 5.16. The SMILES string of the molecule is COC(=O)c1cc(N2CC(N)CC2=O)ccc1C. The van der Waals surface area contributed by atoms with Gasteiger partial charge in [-0.2, -0.15) is 0 Å². The number of carbonyl (C=O) groups is 2. The second-order valence-electron chi connectivity index (χ2n) is 4.46.